The van der Waals surface area contributed by atoms with Crippen molar-refractivity contribution in [3.8, 4) is 0 Å². The number of amides is 1. The zero-order valence-electron chi connectivity index (χ0n) is 13.6. The van der Waals surface area contributed by atoms with Crippen LogP contribution in [0.5, 0.6) is 0 Å². The van der Waals surface area contributed by atoms with E-state index in [0.717, 1.165) is 10.7 Å². The van der Waals surface area contributed by atoms with E-state index >= 15 is 0 Å². The maximum atomic E-state index is 12.6. The molecule has 0 aliphatic carbocycles. The predicted octanol–water partition coefficient (Wildman–Crippen LogP) is 0.732. The first kappa shape index (κ1) is 15.8. The van der Waals surface area contributed by atoms with Gasteiger partial charge in [0.15, 0.2) is 0 Å². The van der Waals surface area contributed by atoms with Crippen LogP contribution in [0, 0.1) is 0 Å². The highest BCUT2D eigenvalue weighted by Gasteiger charge is 2.34. The predicted molar refractivity (Wildman–Crippen MR) is 90.1 cm³/mol. The highest BCUT2D eigenvalue weighted by molar-refractivity contribution is 7.98. The minimum absolute atomic E-state index is 0.00906. The molecule has 1 amide bonds. The number of carbonyl (C=O) groups is 1. The third kappa shape index (κ3) is 3.12. The topological polar surface area (TPSA) is 94.6 Å². The van der Waals surface area contributed by atoms with Crippen LogP contribution in [0.3, 0.4) is 0 Å². The molecule has 0 spiro atoms. The smallest absolute Gasteiger partial charge is 0.256 e. The van der Waals surface area contributed by atoms with E-state index in [-0.39, 0.29) is 11.9 Å². The summed E-state index contributed by atoms with van der Waals surface area (Å²) in [6, 6.07) is 3.75. The van der Waals surface area contributed by atoms with Gasteiger partial charge in [0, 0.05) is 19.3 Å². The summed E-state index contributed by atoms with van der Waals surface area (Å²) in [5, 5.41) is 17.2. The summed E-state index contributed by atoms with van der Waals surface area (Å²) in [6.07, 6.45) is 8.76. The lowest BCUT2D eigenvalue weighted by Crippen LogP contribution is -2.51. The Balaban J connectivity index is 1.39. The van der Waals surface area contributed by atoms with Crippen molar-refractivity contribution in [2.75, 3.05) is 19.3 Å². The molecule has 0 bridgehead atoms. The lowest BCUT2D eigenvalue weighted by Gasteiger charge is -2.39. The van der Waals surface area contributed by atoms with Crippen LogP contribution in [0.25, 0.3) is 0 Å². The Hall–Kier alpha value is -2.75. The number of hydrogen-bond acceptors (Lipinski definition) is 7. The number of nitrogens with zero attached hydrogens (tertiary/aromatic N) is 8. The van der Waals surface area contributed by atoms with Crippen molar-refractivity contribution in [2.45, 2.75) is 17.6 Å². The van der Waals surface area contributed by atoms with Gasteiger partial charge >= 0.3 is 0 Å². The Morgan fingerprint density at radius 1 is 1.28 bits per heavy atom. The average Bonchev–Trinajstić information content (AvgIpc) is 3.26. The molecule has 0 saturated carbocycles. The standard InChI is InChI=1S/C15H16N8OS/c1-25-14-13(3-2-4-16-14)15(24)21-9-12(10-21)22-7-11(19-20-22)8-23-17-5-6-18-23/h2-7,12H,8-10H2,1H3. The summed E-state index contributed by atoms with van der Waals surface area (Å²) < 4.78 is 1.81. The van der Waals surface area contributed by atoms with Crippen LogP contribution in [0.4, 0.5) is 0 Å². The maximum Gasteiger partial charge on any atom is 0.256 e. The second kappa shape index (κ2) is 6.63. The van der Waals surface area contributed by atoms with E-state index in [2.05, 4.69) is 25.5 Å². The van der Waals surface area contributed by atoms with Crippen LogP contribution in [-0.2, 0) is 6.54 Å². The lowest BCUT2D eigenvalue weighted by molar-refractivity contribution is 0.0494. The van der Waals surface area contributed by atoms with Crippen molar-refractivity contribution in [1.29, 1.82) is 0 Å². The second-order valence-electron chi connectivity index (χ2n) is 5.67. The Morgan fingerprint density at radius 3 is 2.84 bits per heavy atom. The number of aromatic nitrogens is 7. The molecule has 25 heavy (non-hydrogen) atoms. The molecule has 1 aliphatic heterocycles. The summed E-state index contributed by atoms with van der Waals surface area (Å²) in [6.45, 7) is 1.71. The van der Waals surface area contributed by atoms with Crippen molar-refractivity contribution in [1.82, 2.24) is 39.9 Å². The largest absolute Gasteiger partial charge is 0.334 e. The molecular weight excluding hydrogens is 340 g/mol. The van der Waals surface area contributed by atoms with Gasteiger partial charge in [-0.2, -0.15) is 15.0 Å². The van der Waals surface area contributed by atoms with Gasteiger partial charge in [0.1, 0.15) is 17.3 Å². The monoisotopic (exact) mass is 356 g/mol. The highest BCUT2D eigenvalue weighted by atomic mass is 32.2. The summed E-state index contributed by atoms with van der Waals surface area (Å²) >= 11 is 1.48. The maximum absolute atomic E-state index is 12.6. The molecular formula is C15H16N8OS. The second-order valence-corrected chi connectivity index (χ2v) is 6.47. The van der Waals surface area contributed by atoms with Gasteiger partial charge in [-0.05, 0) is 18.4 Å². The molecule has 3 aromatic rings. The molecule has 1 saturated heterocycles. The number of carbonyl (C=O) groups excluding carboxylic acids is 1. The van der Waals surface area contributed by atoms with Gasteiger partial charge in [0.05, 0.1) is 30.2 Å². The van der Waals surface area contributed by atoms with Crippen LogP contribution in [0.2, 0.25) is 0 Å². The van der Waals surface area contributed by atoms with E-state index < -0.39 is 0 Å². The molecule has 128 valence electrons. The average molecular weight is 356 g/mol. The fourth-order valence-corrected chi connectivity index (χ4v) is 3.25. The first-order valence-electron chi connectivity index (χ1n) is 7.77. The van der Waals surface area contributed by atoms with Crippen LogP contribution >= 0.6 is 11.8 Å². The molecule has 0 radical (unpaired) electrons. The number of hydrogen-bond donors (Lipinski definition) is 0. The Kier molecular flexibility index (Phi) is 4.18. The summed E-state index contributed by atoms with van der Waals surface area (Å²) in [7, 11) is 0. The van der Waals surface area contributed by atoms with Gasteiger partial charge < -0.3 is 4.90 Å². The molecule has 0 aromatic carbocycles. The quantitative estimate of drug-likeness (QED) is 0.622. The van der Waals surface area contributed by atoms with E-state index in [1.54, 1.807) is 39.0 Å². The van der Waals surface area contributed by atoms with Gasteiger partial charge in [-0.1, -0.05) is 5.21 Å². The lowest BCUT2D eigenvalue weighted by atomic mass is 10.1. The Labute approximate surface area is 148 Å². The normalized spacial score (nSPS) is 14.5. The zero-order chi connectivity index (χ0) is 17.2. The molecule has 4 rings (SSSR count). The van der Waals surface area contributed by atoms with Crippen LogP contribution in [0.15, 0.2) is 41.9 Å². The molecule has 9 nitrogen and oxygen atoms in total. The van der Waals surface area contributed by atoms with Gasteiger partial charge in [0.25, 0.3) is 5.91 Å². The molecule has 1 aliphatic rings. The van der Waals surface area contributed by atoms with E-state index in [9.17, 15) is 4.79 Å². The number of pyridine rings is 1. The van der Waals surface area contributed by atoms with E-state index in [4.69, 9.17) is 0 Å². The van der Waals surface area contributed by atoms with E-state index in [1.807, 2.05) is 18.5 Å². The van der Waals surface area contributed by atoms with Gasteiger partial charge in [-0.15, -0.1) is 16.9 Å². The first-order valence-corrected chi connectivity index (χ1v) is 9.00. The zero-order valence-corrected chi connectivity index (χ0v) is 14.4. The first-order chi connectivity index (χ1) is 12.2. The molecule has 0 N–H and O–H groups in total. The molecule has 3 aromatic heterocycles. The number of rotatable bonds is 5. The molecule has 1 fully saturated rings. The van der Waals surface area contributed by atoms with Crippen molar-refractivity contribution in [3.63, 3.8) is 0 Å². The van der Waals surface area contributed by atoms with Crippen LogP contribution < -0.4 is 0 Å². The van der Waals surface area contributed by atoms with E-state index in [1.165, 1.54) is 11.8 Å². The van der Waals surface area contributed by atoms with Gasteiger partial charge in [-0.3, -0.25) is 4.79 Å². The van der Waals surface area contributed by atoms with Crippen molar-refractivity contribution in [2.24, 2.45) is 0 Å². The summed E-state index contributed by atoms with van der Waals surface area (Å²) in [5.74, 6) is 0.00906. The molecule has 4 heterocycles. The third-order valence-electron chi connectivity index (χ3n) is 4.05. The summed E-state index contributed by atoms with van der Waals surface area (Å²) in [4.78, 5) is 20.2. The fraction of sp³-hybridized carbons (Fsp3) is 0.333. The van der Waals surface area contributed by atoms with E-state index in [0.29, 0.717) is 25.2 Å². The molecule has 0 unspecified atom stereocenters. The van der Waals surface area contributed by atoms with Gasteiger partial charge in [-0.25, -0.2) is 9.67 Å². The highest BCUT2D eigenvalue weighted by Crippen LogP contribution is 2.25. The van der Waals surface area contributed by atoms with Crippen LogP contribution in [0.1, 0.15) is 22.1 Å². The summed E-state index contributed by atoms with van der Waals surface area (Å²) in [5.41, 5.74) is 1.44. The Morgan fingerprint density at radius 2 is 2.08 bits per heavy atom. The molecule has 10 heteroatoms. The molecule has 0 atom stereocenters. The number of thioether (sulfide) groups is 1. The van der Waals surface area contributed by atoms with Crippen molar-refractivity contribution in [3.05, 3.63) is 48.2 Å². The Bertz CT molecular complexity index is 871. The SMILES string of the molecule is CSc1ncccc1C(=O)N1CC(n2cc(Cn3nccn3)nn2)C1. The minimum atomic E-state index is 0.00906. The van der Waals surface area contributed by atoms with Crippen LogP contribution in [-0.4, -0.2) is 65.1 Å². The third-order valence-corrected chi connectivity index (χ3v) is 4.76. The number of likely N-dealkylation sites (tertiary alicyclic amines) is 1. The van der Waals surface area contributed by atoms with Crippen molar-refractivity contribution >= 4 is 17.7 Å². The minimum Gasteiger partial charge on any atom is -0.334 e. The van der Waals surface area contributed by atoms with Crippen molar-refractivity contribution < 1.29 is 4.79 Å². The van der Waals surface area contributed by atoms with Gasteiger partial charge in [0.2, 0.25) is 0 Å². The fourth-order valence-electron chi connectivity index (χ4n) is 2.71.